The second-order valence-electron chi connectivity index (χ2n) is 10.6. The molecular formula is C37H38N2O2. The zero-order chi connectivity index (χ0) is 28.9. The third-order valence-corrected chi connectivity index (χ3v) is 7.50. The molecule has 0 N–H and O–H groups in total. The van der Waals surface area contributed by atoms with Crippen molar-refractivity contribution in [1.82, 2.24) is 0 Å². The molecule has 0 spiro atoms. The van der Waals surface area contributed by atoms with Gasteiger partial charge in [0.2, 0.25) is 0 Å². The minimum absolute atomic E-state index is 0.534. The lowest BCUT2D eigenvalue weighted by molar-refractivity contribution is 0.305. The number of rotatable bonds is 14. The van der Waals surface area contributed by atoms with E-state index in [1.54, 1.807) is 24.3 Å². The predicted molar refractivity (Wildman–Crippen MR) is 164 cm³/mol. The molecule has 4 nitrogen and oxygen atoms in total. The minimum atomic E-state index is 0.534. The van der Waals surface area contributed by atoms with Crippen molar-refractivity contribution in [2.45, 2.75) is 72.0 Å². The van der Waals surface area contributed by atoms with Crippen molar-refractivity contribution in [3.8, 4) is 23.6 Å². The van der Waals surface area contributed by atoms with Crippen LogP contribution in [-0.4, -0.2) is 0 Å². The zero-order valence-electron chi connectivity index (χ0n) is 24.2. The van der Waals surface area contributed by atoms with E-state index >= 15 is 0 Å². The molecule has 0 heterocycles. The van der Waals surface area contributed by atoms with Crippen molar-refractivity contribution in [3.05, 3.63) is 129 Å². The number of benzene rings is 4. The largest absolute Gasteiger partial charge is 0.489 e. The molecule has 0 amide bonds. The van der Waals surface area contributed by atoms with Gasteiger partial charge in [-0.25, -0.2) is 0 Å². The Hall–Kier alpha value is -4.54. The number of ether oxygens (including phenoxy) is 2. The molecule has 0 fully saturated rings. The van der Waals surface area contributed by atoms with Crippen LogP contribution in [-0.2, 0) is 26.1 Å². The van der Waals surface area contributed by atoms with Gasteiger partial charge in [0.15, 0.2) is 0 Å². The van der Waals surface area contributed by atoms with Crippen LogP contribution in [0.1, 0.15) is 76.6 Å². The van der Waals surface area contributed by atoms with Crippen molar-refractivity contribution in [1.29, 1.82) is 10.5 Å². The van der Waals surface area contributed by atoms with E-state index in [2.05, 4.69) is 62.4 Å². The normalized spacial score (nSPS) is 10.5. The smallest absolute Gasteiger partial charge is 0.119 e. The summed E-state index contributed by atoms with van der Waals surface area (Å²) >= 11 is 0. The Bertz CT molecular complexity index is 1380. The summed E-state index contributed by atoms with van der Waals surface area (Å²) in [6.45, 7) is 5.37. The topological polar surface area (TPSA) is 66.0 Å². The van der Waals surface area contributed by atoms with Gasteiger partial charge in [-0.3, -0.25) is 0 Å². The summed E-state index contributed by atoms with van der Waals surface area (Å²) in [5.74, 6) is 1.57. The quantitative estimate of drug-likeness (QED) is 0.149. The number of aryl methyl sites for hydroxylation is 4. The van der Waals surface area contributed by atoms with Crippen LogP contribution in [0, 0.1) is 36.5 Å². The van der Waals surface area contributed by atoms with Gasteiger partial charge in [-0.2, -0.15) is 10.5 Å². The molecule has 208 valence electrons. The van der Waals surface area contributed by atoms with Crippen LogP contribution in [0.4, 0.5) is 0 Å². The van der Waals surface area contributed by atoms with E-state index in [-0.39, 0.29) is 0 Å². The van der Waals surface area contributed by atoms with Gasteiger partial charge in [-0.15, -0.1) is 0 Å². The standard InChI is InChI=1S/C37H38N2O2/c1-28-22-30(10-16-34(28)26-40-36-18-12-32(24-38)13-19-36)8-6-4-3-5-7-9-31-11-17-35(29(2)23-31)27-41-37-20-14-33(25-39)15-21-37/h10-23H,3-9,26-27H2,1-2H3. The predicted octanol–water partition coefficient (Wildman–Crippen LogP) is 8.94. The van der Waals surface area contributed by atoms with Gasteiger partial charge < -0.3 is 9.47 Å². The number of hydrogen-bond donors (Lipinski definition) is 0. The van der Waals surface area contributed by atoms with Crippen molar-refractivity contribution in [2.24, 2.45) is 0 Å². The molecule has 0 aromatic heterocycles. The Morgan fingerprint density at radius 2 is 0.902 bits per heavy atom. The zero-order valence-corrected chi connectivity index (χ0v) is 24.2. The highest BCUT2D eigenvalue weighted by Crippen LogP contribution is 2.20. The molecule has 0 aliphatic carbocycles. The first kappa shape index (κ1) is 29.4. The minimum Gasteiger partial charge on any atom is -0.489 e. The molecule has 0 saturated carbocycles. The molecule has 4 aromatic rings. The van der Waals surface area contributed by atoms with Crippen LogP contribution in [0.2, 0.25) is 0 Å². The molecule has 4 heteroatoms. The fourth-order valence-electron chi connectivity index (χ4n) is 4.91. The number of nitrogens with zero attached hydrogens (tertiary/aromatic N) is 2. The molecular weight excluding hydrogens is 504 g/mol. The number of nitriles is 2. The molecule has 0 unspecified atom stereocenters. The summed E-state index contributed by atoms with van der Waals surface area (Å²) in [4.78, 5) is 0. The van der Waals surface area contributed by atoms with Gasteiger partial charge in [-0.1, -0.05) is 55.7 Å². The Morgan fingerprint density at radius 3 is 1.27 bits per heavy atom. The highest BCUT2D eigenvalue weighted by molar-refractivity contribution is 5.37. The molecule has 0 aliphatic rings. The maximum atomic E-state index is 8.92. The lowest BCUT2D eigenvalue weighted by atomic mass is 9.99. The third kappa shape index (κ3) is 9.26. The first-order chi connectivity index (χ1) is 20.0. The van der Waals surface area contributed by atoms with E-state index < -0.39 is 0 Å². The van der Waals surface area contributed by atoms with Crippen molar-refractivity contribution >= 4 is 0 Å². The first-order valence-electron chi connectivity index (χ1n) is 14.5. The van der Waals surface area contributed by atoms with Crippen molar-refractivity contribution in [3.63, 3.8) is 0 Å². The summed E-state index contributed by atoms with van der Waals surface area (Å²) in [5, 5.41) is 17.8. The van der Waals surface area contributed by atoms with E-state index in [0.29, 0.717) is 24.3 Å². The third-order valence-electron chi connectivity index (χ3n) is 7.50. The molecule has 41 heavy (non-hydrogen) atoms. The molecule has 4 rings (SSSR count). The molecule has 0 saturated heterocycles. The summed E-state index contributed by atoms with van der Waals surface area (Å²) in [6.07, 6.45) is 8.44. The summed E-state index contributed by atoms with van der Waals surface area (Å²) < 4.78 is 11.8. The van der Waals surface area contributed by atoms with Crippen molar-refractivity contribution < 1.29 is 9.47 Å². The Morgan fingerprint density at radius 1 is 0.512 bits per heavy atom. The lowest BCUT2D eigenvalue weighted by Crippen LogP contribution is -1.99. The van der Waals surface area contributed by atoms with E-state index in [1.165, 1.54) is 65.5 Å². The monoisotopic (exact) mass is 542 g/mol. The molecule has 0 radical (unpaired) electrons. The number of hydrogen-bond acceptors (Lipinski definition) is 4. The van der Waals surface area contributed by atoms with E-state index in [0.717, 1.165) is 24.3 Å². The highest BCUT2D eigenvalue weighted by Gasteiger charge is 2.05. The van der Waals surface area contributed by atoms with Crippen molar-refractivity contribution in [2.75, 3.05) is 0 Å². The molecule has 4 aromatic carbocycles. The fourth-order valence-corrected chi connectivity index (χ4v) is 4.91. The van der Waals surface area contributed by atoms with Crippen LogP contribution in [0.3, 0.4) is 0 Å². The van der Waals surface area contributed by atoms with Gasteiger partial charge in [0.05, 0.1) is 23.3 Å². The maximum Gasteiger partial charge on any atom is 0.119 e. The van der Waals surface area contributed by atoms with Gasteiger partial charge in [-0.05, 0) is 121 Å². The fraction of sp³-hybridized carbons (Fsp3) is 0.297. The summed E-state index contributed by atoms with van der Waals surface area (Å²) in [6, 6.07) is 32.2. The highest BCUT2D eigenvalue weighted by atomic mass is 16.5. The first-order valence-corrected chi connectivity index (χ1v) is 14.5. The average Bonchev–Trinajstić information content (AvgIpc) is 3.00. The van der Waals surface area contributed by atoms with Crippen LogP contribution in [0.5, 0.6) is 11.5 Å². The second kappa shape index (κ2) is 15.3. The van der Waals surface area contributed by atoms with Crippen LogP contribution < -0.4 is 9.47 Å². The Kier molecular flexibility index (Phi) is 11.0. The second-order valence-corrected chi connectivity index (χ2v) is 10.6. The van der Waals surface area contributed by atoms with Gasteiger partial charge >= 0.3 is 0 Å². The molecule has 0 bridgehead atoms. The van der Waals surface area contributed by atoms with E-state index in [4.69, 9.17) is 20.0 Å². The SMILES string of the molecule is Cc1cc(CCCCCCCc2ccc(COc3ccc(C#N)cc3)c(C)c2)ccc1COc1ccc(C#N)cc1. The van der Waals surface area contributed by atoms with Gasteiger partial charge in [0.1, 0.15) is 24.7 Å². The van der Waals surface area contributed by atoms with Crippen LogP contribution >= 0.6 is 0 Å². The van der Waals surface area contributed by atoms with Crippen LogP contribution in [0.25, 0.3) is 0 Å². The summed E-state index contributed by atoms with van der Waals surface area (Å²) in [7, 11) is 0. The van der Waals surface area contributed by atoms with E-state index in [9.17, 15) is 0 Å². The number of unbranched alkanes of at least 4 members (excludes halogenated alkanes) is 4. The molecule has 0 atom stereocenters. The van der Waals surface area contributed by atoms with Gasteiger partial charge in [0, 0.05) is 0 Å². The summed E-state index contributed by atoms with van der Waals surface area (Å²) in [5.41, 5.74) is 8.98. The Balaban J connectivity index is 1.10. The average molecular weight is 543 g/mol. The van der Waals surface area contributed by atoms with E-state index in [1.807, 2.05) is 24.3 Å². The van der Waals surface area contributed by atoms with Gasteiger partial charge in [0.25, 0.3) is 0 Å². The lowest BCUT2D eigenvalue weighted by Gasteiger charge is -2.11. The Labute approximate surface area is 244 Å². The molecule has 0 aliphatic heterocycles. The maximum absolute atomic E-state index is 8.92. The van der Waals surface area contributed by atoms with Crippen LogP contribution in [0.15, 0.2) is 84.9 Å².